The number of ether oxygens (including phenoxy) is 1. The SMILES string of the molecule is COCCN(Cc1ccccn1)C1=CC(=O)N(C2CCC(=O)NC2=O)C1=O. The third-order valence-corrected chi connectivity index (χ3v) is 4.44. The van der Waals surface area contributed by atoms with Gasteiger partial charge in [0.2, 0.25) is 11.8 Å². The van der Waals surface area contributed by atoms with Gasteiger partial charge in [0.15, 0.2) is 0 Å². The van der Waals surface area contributed by atoms with Gasteiger partial charge in [-0.25, -0.2) is 0 Å². The molecule has 9 heteroatoms. The van der Waals surface area contributed by atoms with Crippen LogP contribution in [-0.4, -0.2) is 64.7 Å². The summed E-state index contributed by atoms with van der Waals surface area (Å²) in [4.78, 5) is 55.6. The molecule has 2 aliphatic rings. The average molecular weight is 372 g/mol. The molecule has 142 valence electrons. The molecule has 2 aliphatic heterocycles. The standard InChI is InChI=1S/C18H20N4O5/c1-27-9-8-21(11-12-4-2-3-7-19-12)14-10-16(24)22(18(14)26)13-5-6-15(23)20-17(13)25/h2-4,7,10,13H,5-6,8-9,11H2,1H3,(H,20,23,25). The lowest BCUT2D eigenvalue weighted by Crippen LogP contribution is -2.55. The van der Waals surface area contributed by atoms with Crippen molar-refractivity contribution in [1.82, 2.24) is 20.1 Å². The maximum Gasteiger partial charge on any atom is 0.277 e. The van der Waals surface area contributed by atoms with E-state index in [1.807, 2.05) is 12.1 Å². The highest BCUT2D eigenvalue weighted by molar-refractivity contribution is 6.18. The predicted octanol–water partition coefficient (Wildman–Crippen LogP) is -0.412. The second-order valence-electron chi connectivity index (χ2n) is 6.25. The van der Waals surface area contributed by atoms with Gasteiger partial charge in [0.1, 0.15) is 11.7 Å². The molecule has 1 aromatic rings. The normalized spacial score (nSPS) is 20.0. The van der Waals surface area contributed by atoms with E-state index < -0.39 is 29.7 Å². The van der Waals surface area contributed by atoms with E-state index in [0.29, 0.717) is 19.7 Å². The summed E-state index contributed by atoms with van der Waals surface area (Å²) in [5, 5.41) is 2.17. The molecule has 1 atom stereocenters. The van der Waals surface area contributed by atoms with Gasteiger partial charge in [0, 0.05) is 32.3 Å². The molecule has 0 saturated carbocycles. The highest BCUT2D eigenvalue weighted by atomic mass is 16.5. The molecular formula is C18H20N4O5. The van der Waals surface area contributed by atoms with E-state index >= 15 is 0 Å². The lowest BCUT2D eigenvalue weighted by molar-refractivity contribution is -0.150. The Morgan fingerprint density at radius 2 is 2.11 bits per heavy atom. The topological polar surface area (TPSA) is 109 Å². The zero-order valence-corrected chi connectivity index (χ0v) is 14.9. The Morgan fingerprint density at radius 3 is 2.78 bits per heavy atom. The zero-order valence-electron chi connectivity index (χ0n) is 14.9. The van der Waals surface area contributed by atoms with E-state index in [1.54, 1.807) is 24.3 Å². The van der Waals surface area contributed by atoms with Crippen LogP contribution in [0.15, 0.2) is 36.2 Å². The lowest BCUT2D eigenvalue weighted by Gasteiger charge is -2.30. The number of nitrogens with one attached hydrogen (secondary N) is 1. The van der Waals surface area contributed by atoms with Crippen LogP contribution in [0.2, 0.25) is 0 Å². The van der Waals surface area contributed by atoms with E-state index in [4.69, 9.17) is 4.74 Å². The minimum absolute atomic E-state index is 0.0874. The molecule has 0 radical (unpaired) electrons. The Hall–Kier alpha value is -3.07. The molecule has 0 aliphatic carbocycles. The largest absolute Gasteiger partial charge is 0.383 e. The molecule has 1 unspecified atom stereocenters. The number of piperidine rings is 1. The second-order valence-corrected chi connectivity index (χ2v) is 6.25. The van der Waals surface area contributed by atoms with E-state index in [2.05, 4.69) is 10.3 Å². The molecule has 1 aromatic heterocycles. The minimum Gasteiger partial charge on any atom is -0.383 e. The van der Waals surface area contributed by atoms with E-state index in [-0.39, 0.29) is 18.5 Å². The second kappa shape index (κ2) is 8.09. The first-order chi connectivity index (χ1) is 13.0. The third-order valence-electron chi connectivity index (χ3n) is 4.44. The van der Waals surface area contributed by atoms with Gasteiger partial charge in [-0.2, -0.15) is 0 Å². The van der Waals surface area contributed by atoms with Gasteiger partial charge < -0.3 is 9.64 Å². The first-order valence-electron chi connectivity index (χ1n) is 8.58. The van der Waals surface area contributed by atoms with Crippen LogP contribution in [0.5, 0.6) is 0 Å². The molecule has 3 heterocycles. The minimum atomic E-state index is -0.976. The van der Waals surface area contributed by atoms with Gasteiger partial charge in [0.25, 0.3) is 11.8 Å². The number of nitrogens with zero attached hydrogens (tertiary/aromatic N) is 3. The highest BCUT2D eigenvalue weighted by Gasteiger charge is 2.43. The molecular weight excluding hydrogens is 352 g/mol. The van der Waals surface area contributed by atoms with Gasteiger partial charge in [-0.3, -0.25) is 34.4 Å². The number of hydrogen-bond acceptors (Lipinski definition) is 7. The zero-order chi connectivity index (χ0) is 19.4. The number of rotatable bonds is 7. The average Bonchev–Trinajstić information content (AvgIpc) is 2.94. The first kappa shape index (κ1) is 18.7. The summed E-state index contributed by atoms with van der Waals surface area (Å²) in [5.41, 5.74) is 0.918. The first-order valence-corrected chi connectivity index (χ1v) is 8.58. The van der Waals surface area contributed by atoms with Crippen molar-refractivity contribution < 1.29 is 23.9 Å². The molecule has 0 spiro atoms. The summed E-state index contributed by atoms with van der Waals surface area (Å²) in [6, 6.07) is 4.47. The van der Waals surface area contributed by atoms with Crippen LogP contribution in [0.25, 0.3) is 0 Å². The van der Waals surface area contributed by atoms with E-state index in [9.17, 15) is 19.2 Å². The number of carbonyl (C=O) groups excluding carboxylic acids is 4. The predicted molar refractivity (Wildman–Crippen MR) is 92.6 cm³/mol. The maximum absolute atomic E-state index is 12.9. The third kappa shape index (κ3) is 4.03. The molecule has 4 amide bonds. The monoisotopic (exact) mass is 372 g/mol. The van der Waals surface area contributed by atoms with Crippen molar-refractivity contribution >= 4 is 23.6 Å². The van der Waals surface area contributed by atoms with Crippen LogP contribution in [0.4, 0.5) is 0 Å². The summed E-state index contributed by atoms with van der Waals surface area (Å²) in [6.07, 6.45) is 3.09. The summed E-state index contributed by atoms with van der Waals surface area (Å²) < 4.78 is 5.10. The van der Waals surface area contributed by atoms with Crippen LogP contribution in [-0.2, 0) is 30.5 Å². The molecule has 0 aromatic carbocycles. The van der Waals surface area contributed by atoms with E-state index in [0.717, 1.165) is 10.6 Å². The Morgan fingerprint density at radius 1 is 1.30 bits per heavy atom. The number of hydrogen-bond donors (Lipinski definition) is 1. The fourth-order valence-electron chi connectivity index (χ4n) is 3.10. The summed E-state index contributed by atoms with van der Waals surface area (Å²) >= 11 is 0. The van der Waals surface area contributed by atoms with Crippen LogP contribution >= 0.6 is 0 Å². The summed E-state index contributed by atoms with van der Waals surface area (Å²) in [5.74, 6) is -2.15. The van der Waals surface area contributed by atoms with Crippen molar-refractivity contribution in [3.05, 3.63) is 41.9 Å². The van der Waals surface area contributed by atoms with Gasteiger partial charge in [-0.05, 0) is 18.6 Å². The number of methoxy groups -OCH3 is 1. The fourth-order valence-corrected chi connectivity index (χ4v) is 3.10. The smallest absolute Gasteiger partial charge is 0.277 e. The number of amides is 4. The Kier molecular flexibility index (Phi) is 5.60. The quantitative estimate of drug-likeness (QED) is 0.648. The van der Waals surface area contributed by atoms with Crippen molar-refractivity contribution in [1.29, 1.82) is 0 Å². The molecule has 1 fully saturated rings. The Labute approximate surface area is 156 Å². The molecule has 3 rings (SSSR count). The van der Waals surface area contributed by atoms with Crippen LogP contribution < -0.4 is 5.32 Å². The Bertz CT molecular complexity index is 792. The van der Waals surface area contributed by atoms with Crippen molar-refractivity contribution in [2.75, 3.05) is 20.3 Å². The molecule has 27 heavy (non-hydrogen) atoms. The molecule has 9 nitrogen and oxygen atoms in total. The van der Waals surface area contributed by atoms with E-state index in [1.165, 1.54) is 6.08 Å². The summed E-state index contributed by atoms with van der Waals surface area (Å²) in [6.45, 7) is 1.05. The van der Waals surface area contributed by atoms with Crippen molar-refractivity contribution in [3.63, 3.8) is 0 Å². The highest BCUT2D eigenvalue weighted by Crippen LogP contribution is 2.24. The Balaban J connectivity index is 1.80. The van der Waals surface area contributed by atoms with Crippen LogP contribution in [0, 0.1) is 0 Å². The summed E-state index contributed by atoms with van der Waals surface area (Å²) in [7, 11) is 1.55. The number of carbonyl (C=O) groups is 4. The molecule has 1 saturated heterocycles. The number of pyridine rings is 1. The van der Waals surface area contributed by atoms with Gasteiger partial charge in [-0.1, -0.05) is 6.07 Å². The molecule has 1 N–H and O–H groups in total. The maximum atomic E-state index is 12.9. The number of imide groups is 2. The molecule has 0 bridgehead atoms. The fraction of sp³-hybridized carbons (Fsp3) is 0.389. The lowest BCUT2D eigenvalue weighted by atomic mass is 10.0. The van der Waals surface area contributed by atoms with Crippen LogP contribution in [0.1, 0.15) is 18.5 Å². The van der Waals surface area contributed by atoms with Gasteiger partial charge >= 0.3 is 0 Å². The van der Waals surface area contributed by atoms with Crippen LogP contribution in [0.3, 0.4) is 0 Å². The number of aromatic nitrogens is 1. The van der Waals surface area contributed by atoms with Gasteiger partial charge in [0.05, 0.1) is 18.8 Å². The van der Waals surface area contributed by atoms with Crippen molar-refractivity contribution in [3.8, 4) is 0 Å². The van der Waals surface area contributed by atoms with Crippen molar-refractivity contribution in [2.45, 2.75) is 25.4 Å². The van der Waals surface area contributed by atoms with Crippen molar-refractivity contribution in [2.24, 2.45) is 0 Å². The van der Waals surface area contributed by atoms with Gasteiger partial charge in [-0.15, -0.1) is 0 Å².